The van der Waals surface area contributed by atoms with Gasteiger partial charge in [0, 0.05) is 36.7 Å². The highest BCUT2D eigenvalue weighted by Gasteiger charge is 2.48. The van der Waals surface area contributed by atoms with Gasteiger partial charge in [0.25, 0.3) is 0 Å². The van der Waals surface area contributed by atoms with E-state index >= 15 is 0 Å². The van der Waals surface area contributed by atoms with Crippen LogP contribution < -0.4 is 10.5 Å². The predicted molar refractivity (Wildman–Crippen MR) is 152 cm³/mol. The van der Waals surface area contributed by atoms with Crippen molar-refractivity contribution in [2.45, 2.75) is 142 Å². The van der Waals surface area contributed by atoms with Gasteiger partial charge < -0.3 is 40.0 Å². The fourth-order valence-corrected chi connectivity index (χ4v) is 4.79. The average molecular weight is 583 g/mol. The maximum atomic E-state index is 12.6. The van der Waals surface area contributed by atoms with Crippen LogP contribution in [0.1, 0.15) is 108 Å². The lowest BCUT2D eigenvalue weighted by molar-refractivity contribution is -0.282. The zero-order valence-electron chi connectivity index (χ0n) is 24.9. The number of unbranched alkanes of at least 4 members (excludes halogenated alkanes) is 8. The summed E-state index contributed by atoms with van der Waals surface area (Å²) in [6.45, 7) is 5.31. The number of pyridine rings is 1. The SMILES string of the molecule is CCCCCCCC(=O)OC[C@H]1O[C@H](Oc2c(C)ncc(CO)c2CN)[C@H](O)[C@@H](O)[C@@H]1OC(=O)CCCCCCC. The number of hydrogen-bond donors (Lipinski definition) is 4. The van der Waals surface area contributed by atoms with E-state index < -0.39 is 42.6 Å². The van der Waals surface area contributed by atoms with E-state index in [2.05, 4.69) is 18.8 Å². The van der Waals surface area contributed by atoms with E-state index in [4.69, 9.17) is 24.7 Å². The monoisotopic (exact) mass is 582 g/mol. The summed E-state index contributed by atoms with van der Waals surface area (Å²) < 4.78 is 22.9. The molecule has 0 aliphatic carbocycles. The van der Waals surface area contributed by atoms with Crippen LogP contribution in [-0.4, -0.2) is 69.6 Å². The number of ether oxygens (including phenoxy) is 4. The highest BCUT2D eigenvalue weighted by molar-refractivity contribution is 5.70. The third-order valence-electron chi connectivity index (χ3n) is 7.30. The predicted octanol–water partition coefficient (Wildman–Crippen LogP) is 3.34. The summed E-state index contributed by atoms with van der Waals surface area (Å²) >= 11 is 0. The largest absolute Gasteiger partial charge is 0.463 e. The molecule has 234 valence electrons. The molecule has 5 N–H and O–H groups in total. The quantitative estimate of drug-likeness (QED) is 0.139. The standard InChI is InChI=1S/C30H50N2O9/c1-4-6-8-10-12-14-24(34)38-19-23-29(40-25(35)15-13-11-9-7-5-2)26(36)27(37)30(39-23)41-28-20(3)32-17-21(18-33)22(28)16-31/h17,23,26-27,29-30,33,36-37H,4-16,18-19,31H2,1-3H3/t23-,26-,27-,29-,30-/m1/s1. The lowest BCUT2D eigenvalue weighted by atomic mass is 9.98. The summed E-state index contributed by atoms with van der Waals surface area (Å²) in [4.78, 5) is 29.3. The Hall–Kier alpha value is -2.31. The van der Waals surface area contributed by atoms with E-state index in [-0.39, 0.29) is 38.3 Å². The highest BCUT2D eigenvalue weighted by Crippen LogP contribution is 2.31. The third-order valence-corrected chi connectivity index (χ3v) is 7.30. The van der Waals surface area contributed by atoms with Crippen molar-refractivity contribution in [1.29, 1.82) is 0 Å². The molecule has 11 heteroatoms. The number of aliphatic hydroxyl groups is 3. The fourth-order valence-electron chi connectivity index (χ4n) is 4.79. The van der Waals surface area contributed by atoms with Crippen molar-refractivity contribution < 1.29 is 43.9 Å². The van der Waals surface area contributed by atoms with E-state index in [1.54, 1.807) is 6.92 Å². The summed E-state index contributed by atoms with van der Waals surface area (Å²) in [6.07, 6.45) is 4.52. The van der Waals surface area contributed by atoms with Crippen LogP contribution in [0.2, 0.25) is 0 Å². The molecule has 5 atom stereocenters. The molecule has 1 aromatic heterocycles. The molecule has 2 heterocycles. The summed E-state index contributed by atoms with van der Waals surface area (Å²) in [5.41, 5.74) is 7.27. The van der Waals surface area contributed by atoms with E-state index in [1.165, 1.54) is 6.20 Å². The van der Waals surface area contributed by atoms with Gasteiger partial charge >= 0.3 is 11.9 Å². The molecule has 1 saturated heterocycles. The van der Waals surface area contributed by atoms with Gasteiger partial charge in [-0.25, -0.2) is 0 Å². The van der Waals surface area contributed by atoms with Gasteiger partial charge in [0.1, 0.15) is 30.7 Å². The van der Waals surface area contributed by atoms with Gasteiger partial charge in [-0.2, -0.15) is 0 Å². The third kappa shape index (κ3) is 11.1. The number of hydrogen-bond acceptors (Lipinski definition) is 11. The minimum absolute atomic E-state index is 0.0255. The number of aromatic nitrogens is 1. The second-order valence-electron chi connectivity index (χ2n) is 10.6. The number of rotatable bonds is 19. The molecule has 0 spiro atoms. The first kappa shape index (κ1) is 34.9. The normalized spacial score (nSPS) is 22.4. The molecule has 11 nitrogen and oxygen atoms in total. The summed E-state index contributed by atoms with van der Waals surface area (Å²) in [5.74, 6) is -0.750. The first-order valence-corrected chi connectivity index (χ1v) is 15.1. The van der Waals surface area contributed by atoms with E-state index in [9.17, 15) is 24.9 Å². The Morgan fingerprint density at radius 3 is 2.15 bits per heavy atom. The maximum absolute atomic E-state index is 12.6. The van der Waals surface area contributed by atoms with Crippen molar-refractivity contribution in [2.75, 3.05) is 6.61 Å². The Labute approximate surface area is 243 Å². The van der Waals surface area contributed by atoms with Crippen molar-refractivity contribution in [3.63, 3.8) is 0 Å². The molecule has 0 saturated carbocycles. The van der Waals surface area contributed by atoms with Gasteiger partial charge in [-0.15, -0.1) is 0 Å². The number of carbonyl (C=O) groups excluding carboxylic acids is 2. The molecule has 2 rings (SSSR count). The summed E-state index contributed by atoms with van der Waals surface area (Å²) in [6, 6.07) is 0. The number of aliphatic hydroxyl groups excluding tert-OH is 3. The molecule has 0 aromatic carbocycles. The smallest absolute Gasteiger partial charge is 0.306 e. The molecule has 1 aliphatic heterocycles. The summed E-state index contributed by atoms with van der Waals surface area (Å²) in [5, 5.41) is 31.6. The molecule has 0 bridgehead atoms. The van der Waals surface area contributed by atoms with Gasteiger partial charge in [-0.1, -0.05) is 65.2 Å². The second kappa shape index (κ2) is 19.0. The zero-order chi connectivity index (χ0) is 30.2. The van der Waals surface area contributed by atoms with Crippen molar-refractivity contribution in [3.8, 4) is 5.75 Å². The number of nitrogens with zero attached hydrogens (tertiary/aromatic N) is 1. The van der Waals surface area contributed by atoms with Crippen molar-refractivity contribution in [1.82, 2.24) is 4.98 Å². The van der Waals surface area contributed by atoms with Crippen LogP contribution in [0.4, 0.5) is 0 Å². The lowest BCUT2D eigenvalue weighted by Gasteiger charge is -2.41. The molecule has 1 fully saturated rings. The van der Waals surface area contributed by atoms with Gasteiger partial charge in [0.15, 0.2) is 6.10 Å². The lowest BCUT2D eigenvalue weighted by Crippen LogP contribution is -2.61. The molecule has 0 radical (unpaired) electrons. The van der Waals surface area contributed by atoms with Crippen LogP contribution in [0.15, 0.2) is 6.20 Å². The van der Waals surface area contributed by atoms with Crippen LogP contribution in [-0.2, 0) is 37.0 Å². The Kier molecular flexibility index (Phi) is 16.2. The number of nitrogens with two attached hydrogens (primary N) is 1. The average Bonchev–Trinajstić information content (AvgIpc) is 2.96. The number of aryl methyl sites for hydroxylation is 1. The summed E-state index contributed by atoms with van der Waals surface area (Å²) in [7, 11) is 0. The van der Waals surface area contributed by atoms with Gasteiger partial charge in [-0.05, 0) is 19.8 Å². The van der Waals surface area contributed by atoms with Gasteiger partial charge in [-0.3, -0.25) is 14.6 Å². The molecular weight excluding hydrogens is 532 g/mol. The second-order valence-corrected chi connectivity index (χ2v) is 10.6. The van der Waals surface area contributed by atoms with E-state index in [0.717, 1.165) is 51.4 Å². The van der Waals surface area contributed by atoms with Crippen molar-refractivity contribution in [3.05, 3.63) is 23.0 Å². The minimum atomic E-state index is -1.61. The Morgan fingerprint density at radius 2 is 1.56 bits per heavy atom. The highest BCUT2D eigenvalue weighted by atomic mass is 16.7. The van der Waals surface area contributed by atoms with Crippen LogP contribution in [0.3, 0.4) is 0 Å². The fraction of sp³-hybridized carbons (Fsp3) is 0.767. The molecule has 1 aromatic rings. The molecule has 41 heavy (non-hydrogen) atoms. The maximum Gasteiger partial charge on any atom is 0.306 e. The molecule has 0 amide bonds. The van der Waals surface area contributed by atoms with E-state index in [1.807, 2.05) is 0 Å². The Balaban J connectivity index is 2.14. The Bertz CT molecular complexity index is 929. The number of esters is 2. The van der Waals surface area contributed by atoms with Crippen LogP contribution in [0.5, 0.6) is 5.75 Å². The van der Waals surface area contributed by atoms with Crippen LogP contribution >= 0.6 is 0 Å². The zero-order valence-corrected chi connectivity index (χ0v) is 24.9. The minimum Gasteiger partial charge on any atom is -0.463 e. The van der Waals surface area contributed by atoms with E-state index in [0.29, 0.717) is 29.7 Å². The van der Waals surface area contributed by atoms with Gasteiger partial charge in [0.05, 0.1) is 12.3 Å². The first-order chi connectivity index (χ1) is 19.8. The molecular formula is C30H50N2O9. The van der Waals surface area contributed by atoms with Crippen LogP contribution in [0, 0.1) is 6.92 Å². The van der Waals surface area contributed by atoms with Crippen molar-refractivity contribution in [2.24, 2.45) is 5.73 Å². The first-order valence-electron chi connectivity index (χ1n) is 15.1. The molecule has 1 aliphatic rings. The Morgan fingerprint density at radius 1 is 0.951 bits per heavy atom. The van der Waals surface area contributed by atoms with Crippen LogP contribution in [0.25, 0.3) is 0 Å². The molecule has 0 unspecified atom stereocenters. The topological polar surface area (TPSA) is 171 Å². The number of carbonyl (C=O) groups is 2. The van der Waals surface area contributed by atoms with Crippen molar-refractivity contribution >= 4 is 11.9 Å². The van der Waals surface area contributed by atoms with Gasteiger partial charge in [0.2, 0.25) is 6.29 Å².